The van der Waals surface area contributed by atoms with E-state index in [0.717, 1.165) is 11.1 Å². The number of aromatic nitrogens is 3. The highest BCUT2D eigenvalue weighted by Gasteiger charge is 2.17. The van der Waals surface area contributed by atoms with Crippen molar-refractivity contribution in [3.63, 3.8) is 0 Å². The second kappa shape index (κ2) is 7.35. The van der Waals surface area contributed by atoms with Gasteiger partial charge >= 0.3 is 0 Å². The molecule has 0 aliphatic carbocycles. The van der Waals surface area contributed by atoms with Gasteiger partial charge in [0.1, 0.15) is 0 Å². The topological polar surface area (TPSA) is 98.1 Å². The van der Waals surface area contributed by atoms with Crippen LogP contribution in [0.3, 0.4) is 0 Å². The van der Waals surface area contributed by atoms with Gasteiger partial charge in [-0.05, 0) is 23.8 Å². The molecule has 1 aromatic carbocycles. The maximum Gasteiger partial charge on any atom is 0.254 e. The van der Waals surface area contributed by atoms with Crippen molar-refractivity contribution in [2.75, 3.05) is 12.8 Å². The number of nitrogens with zero attached hydrogens (tertiary/aromatic N) is 4. The zero-order valence-corrected chi connectivity index (χ0v) is 15.0. The Labute approximate surface area is 151 Å². The summed E-state index contributed by atoms with van der Waals surface area (Å²) in [5, 5.41) is 3.91. The quantitative estimate of drug-likeness (QED) is 0.758. The lowest BCUT2D eigenvalue weighted by Gasteiger charge is -2.15. The van der Waals surface area contributed by atoms with Crippen LogP contribution in [0, 0.1) is 0 Å². The predicted octanol–water partition coefficient (Wildman–Crippen LogP) is 3.11. The molecule has 2 aromatic heterocycles. The lowest BCUT2D eigenvalue weighted by atomic mass is 10.0. The Bertz CT molecular complexity index is 902. The minimum Gasteiger partial charge on any atom is -0.398 e. The van der Waals surface area contributed by atoms with E-state index >= 15 is 0 Å². The van der Waals surface area contributed by atoms with Gasteiger partial charge in [0.05, 0.1) is 6.54 Å². The molecule has 2 N–H and O–H groups in total. The van der Waals surface area contributed by atoms with E-state index in [0.29, 0.717) is 23.0 Å². The van der Waals surface area contributed by atoms with Crippen LogP contribution in [0.25, 0.3) is 11.1 Å². The van der Waals surface area contributed by atoms with Crippen LogP contribution in [0.4, 0.5) is 5.69 Å². The third-order valence-corrected chi connectivity index (χ3v) is 4.02. The number of hydrogen-bond acceptors (Lipinski definition) is 6. The van der Waals surface area contributed by atoms with E-state index in [-0.39, 0.29) is 18.4 Å². The van der Waals surface area contributed by atoms with E-state index in [1.54, 1.807) is 42.5 Å². The lowest BCUT2D eigenvalue weighted by Crippen LogP contribution is -2.26. The maximum absolute atomic E-state index is 12.6. The highest BCUT2D eigenvalue weighted by atomic mass is 16.5. The highest BCUT2D eigenvalue weighted by molar-refractivity contribution is 5.94. The predicted molar refractivity (Wildman–Crippen MR) is 98.3 cm³/mol. The summed E-state index contributed by atoms with van der Waals surface area (Å²) in [5.74, 6) is 1.12. The smallest absolute Gasteiger partial charge is 0.254 e. The van der Waals surface area contributed by atoms with Gasteiger partial charge in [-0.1, -0.05) is 31.1 Å². The van der Waals surface area contributed by atoms with Gasteiger partial charge in [-0.3, -0.25) is 9.78 Å². The molecule has 0 aliphatic heterocycles. The van der Waals surface area contributed by atoms with Crippen LogP contribution >= 0.6 is 0 Å². The van der Waals surface area contributed by atoms with Gasteiger partial charge in [-0.25, -0.2) is 0 Å². The fourth-order valence-corrected chi connectivity index (χ4v) is 2.50. The zero-order valence-electron chi connectivity index (χ0n) is 15.0. The first-order valence-electron chi connectivity index (χ1n) is 8.33. The molecule has 0 spiro atoms. The molecule has 0 aliphatic rings. The third kappa shape index (κ3) is 3.72. The van der Waals surface area contributed by atoms with Gasteiger partial charge < -0.3 is 15.2 Å². The van der Waals surface area contributed by atoms with Crippen LogP contribution in [0.2, 0.25) is 0 Å². The van der Waals surface area contributed by atoms with Gasteiger partial charge in [0.15, 0.2) is 5.82 Å². The molecule has 0 atom stereocenters. The van der Waals surface area contributed by atoms with Gasteiger partial charge in [0.25, 0.3) is 5.91 Å². The van der Waals surface area contributed by atoms with Crippen molar-refractivity contribution in [2.45, 2.75) is 26.3 Å². The minimum atomic E-state index is -0.125. The number of amides is 1. The number of anilines is 1. The van der Waals surface area contributed by atoms with Crippen LogP contribution in [-0.4, -0.2) is 33.0 Å². The average molecular weight is 351 g/mol. The summed E-state index contributed by atoms with van der Waals surface area (Å²) in [6, 6.07) is 9.01. The molecule has 0 saturated carbocycles. The minimum absolute atomic E-state index is 0.125. The molecule has 0 bridgehead atoms. The Morgan fingerprint density at radius 3 is 2.58 bits per heavy atom. The number of hydrogen-bond donors (Lipinski definition) is 1. The molecule has 0 saturated heterocycles. The van der Waals surface area contributed by atoms with Crippen LogP contribution in [0.15, 0.2) is 47.2 Å². The van der Waals surface area contributed by atoms with Crippen LogP contribution in [-0.2, 0) is 6.54 Å². The Hall–Kier alpha value is -3.22. The molecule has 26 heavy (non-hydrogen) atoms. The first-order valence-corrected chi connectivity index (χ1v) is 8.33. The molecule has 0 fully saturated rings. The second-order valence-electron chi connectivity index (χ2n) is 6.40. The van der Waals surface area contributed by atoms with Gasteiger partial charge in [0, 0.05) is 42.2 Å². The lowest BCUT2D eigenvalue weighted by molar-refractivity contribution is 0.0769. The first-order chi connectivity index (χ1) is 12.5. The van der Waals surface area contributed by atoms with Crippen molar-refractivity contribution in [3.05, 3.63) is 60.0 Å². The number of nitrogens with two attached hydrogens (primary N) is 1. The van der Waals surface area contributed by atoms with Crippen LogP contribution < -0.4 is 5.73 Å². The van der Waals surface area contributed by atoms with E-state index in [2.05, 4.69) is 15.1 Å². The molecule has 2 heterocycles. The van der Waals surface area contributed by atoms with Crippen molar-refractivity contribution in [3.8, 4) is 11.1 Å². The number of nitrogen functional groups attached to an aromatic ring is 1. The van der Waals surface area contributed by atoms with E-state index in [1.807, 2.05) is 26.0 Å². The number of pyridine rings is 1. The number of rotatable bonds is 5. The van der Waals surface area contributed by atoms with E-state index in [1.165, 1.54) is 0 Å². The second-order valence-corrected chi connectivity index (χ2v) is 6.40. The van der Waals surface area contributed by atoms with Gasteiger partial charge in [-0.15, -0.1) is 0 Å². The summed E-state index contributed by atoms with van der Waals surface area (Å²) in [6.07, 6.45) is 3.36. The average Bonchev–Trinajstić information content (AvgIpc) is 3.10. The summed E-state index contributed by atoms with van der Waals surface area (Å²) in [4.78, 5) is 22.5. The molecule has 7 nitrogen and oxygen atoms in total. The molecule has 1 amide bonds. The van der Waals surface area contributed by atoms with E-state index in [9.17, 15) is 4.79 Å². The Kier molecular flexibility index (Phi) is 4.97. The summed E-state index contributed by atoms with van der Waals surface area (Å²) in [5.41, 5.74) is 8.94. The Morgan fingerprint density at radius 2 is 1.96 bits per heavy atom. The first kappa shape index (κ1) is 17.6. The SMILES string of the molecule is CC(C)c1noc(CN(C)C(=O)c2ccc(-c3cnccc3N)cc2)n1. The summed E-state index contributed by atoms with van der Waals surface area (Å²) >= 11 is 0. The maximum atomic E-state index is 12.6. The van der Waals surface area contributed by atoms with Crippen LogP contribution in [0.5, 0.6) is 0 Å². The summed E-state index contributed by atoms with van der Waals surface area (Å²) in [6.45, 7) is 4.23. The Balaban J connectivity index is 1.72. The molecule has 3 aromatic rings. The molecule has 7 heteroatoms. The fourth-order valence-electron chi connectivity index (χ4n) is 2.50. The zero-order chi connectivity index (χ0) is 18.7. The Morgan fingerprint density at radius 1 is 1.23 bits per heavy atom. The standard InChI is InChI=1S/C19H21N5O2/c1-12(2)18-22-17(26-23-18)11-24(3)19(25)14-6-4-13(5-7-14)15-10-21-9-8-16(15)20/h4-10,12H,11H2,1-3H3,(H2,20,21). The monoisotopic (exact) mass is 351 g/mol. The van der Waals surface area contributed by atoms with Crippen molar-refractivity contribution >= 4 is 11.6 Å². The van der Waals surface area contributed by atoms with Crippen molar-refractivity contribution in [1.29, 1.82) is 0 Å². The van der Waals surface area contributed by atoms with E-state index < -0.39 is 0 Å². The molecule has 0 radical (unpaired) electrons. The largest absolute Gasteiger partial charge is 0.398 e. The van der Waals surface area contributed by atoms with E-state index in [4.69, 9.17) is 10.3 Å². The molecular formula is C19H21N5O2. The van der Waals surface area contributed by atoms with Crippen LogP contribution in [0.1, 0.15) is 41.8 Å². The summed E-state index contributed by atoms with van der Waals surface area (Å²) < 4.78 is 5.20. The molecular weight excluding hydrogens is 330 g/mol. The molecule has 0 unspecified atom stereocenters. The molecule has 3 rings (SSSR count). The van der Waals surface area contributed by atoms with Crippen molar-refractivity contribution in [2.24, 2.45) is 0 Å². The van der Waals surface area contributed by atoms with Crippen molar-refractivity contribution in [1.82, 2.24) is 20.0 Å². The van der Waals surface area contributed by atoms with Gasteiger partial charge in [0.2, 0.25) is 5.89 Å². The fraction of sp³-hybridized carbons (Fsp3) is 0.263. The normalized spacial score (nSPS) is 10.9. The third-order valence-electron chi connectivity index (χ3n) is 4.02. The highest BCUT2D eigenvalue weighted by Crippen LogP contribution is 2.25. The van der Waals surface area contributed by atoms with Crippen molar-refractivity contribution < 1.29 is 9.32 Å². The van der Waals surface area contributed by atoms with Gasteiger partial charge in [-0.2, -0.15) is 4.98 Å². The molecule has 134 valence electrons. The number of carbonyl (C=O) groups excluding carboxylic acids is 1. The number of benzene rings is 1. The summed E-state index contributed by atoms with van der Waals surface area (Å²) in [7, 11) is 1.70. The number of carbonyl (C=O) groups is 1.